The Morgan fingerprint density at radius 2 is 2.00 bits per heavy atom. The van der Waals surface area contributed by atoms with Gasteiger partial charge in [-0.1, -0.05) is 12.1 Å². The maximum Gasteiger partial charge on any atom is 0.341 e. The summed E-state index contributed by atoms with van der Waals surface area (Å²) >= 11 is 5.26. The van der Waals surface area contributed by atoms with Crippen LogP contribution in [0.25, 0.3) is 0 Å². The average Bonchev–Trinajstić information content (AvgIpc) is 2.15. The average molecular weight is 215 g/mol. The molecule has 1 N–H and O–H groups in total. The highest BCUT2D eigenvalue weighted by molar-refractivity contribution is 6.68. The standard InChI is InChI=1S/C9H7ClO4/c10-9(13)6-3-1-2-4-7(6)14-5-8(11)12/h1-4H,5H2,(H,11,12). The third-order valence-electron chi connectivity index (χ3n) is 1.45. The lowest BCUT2D eigenvalue weighted by atomic mass is 10.2. The van der Waals surface area contributed by atoms with Crippen LogP contribution in [0.15, 0.2) is 24.3 Å². The molecule has 0 saturated heterocycles. The number of carboxylic acid groups (broad SMARTS) is 1. The number of rotatable bonds is 4. The predicted molar refractivity (Wildman–Crippen MR) is 49.8 cm³/mol. The number of carbonyl (C=O) groups excluding carboxylic acids is 1. The summed E-state index contributed by atoms with van der Waals surface area (Å²) in [5, 5.41) is 7.69. The van der Waals surface area contributed by atoms with Crippen LogP contribution < -0.4 is 4.74 Å². The second kappa shape index (κ2) is 4.62. The number of benzene rings is 1. The minimum absolute atomic E-state index is 0.162. The van der Waals surface area contributed by atoms with E-state index in [2.05, 4.69) is 0 Å². The lowest BCUT2D eigenvalue weighted by molar-refractivity contribution is -0.139. The van der Waals surface area contributed by atoms with Crippen LogP contribution in [-0.2, 0) is 4.79 Å². The molecule has 0 amide bonds. The molecular formula is C9H7ClO4. The number of para-hydroxylation sites is 1. The SMILES string of the molecule is O=C(O)COc1ccccc1C(=O)Cl. The van der Waals surface area contributed by atoms with E-state index in [0.717, 1.165) is 0 Å². The zero-order valence-electron chi connectivity index (χ0n) is 7.07. The van der Waals surface area contributed by atoms with Crippen molar-refractivity contribution >= 4 is 22.8 Å². The third kappa shape index (κ3) is 2.74. The first kappa shape index (κ1) is 10.5. The Balaban J connectivity index is 2.84. The number of hydrogen-bond donors (Lipinski definition) is 1. The molecule has 5 heteroatoms. The molecule has 0 bridgehead atoms. The van der Waals surface area contributed by atoms with Gasteiger partial charge < -0.3 is 9.84 Å². The Morgan fingerprint density at radius 3 is 2.57 bits per heavy atom. The van der Waals surface area contributed by atoms with Crippen LogP contribution in [0.3, 0.4) is 0 Å². The smallest absolute Gasteiger partial charge is 0.341 e. The van der Waals surface area contributed by atoms with Gasteiger partial charge in [-0.2, -0.15) is 0 Å². The first-order valence-electron chi connectivity index (χ1n) is 3.74. The predicted octanol–water partition coefficient (Wildman–Crippen LogP) is 1.53. The molecule has 0 unspecified atom stereocenters. The summed E-state index contributed by atoms with van der Waals surface area (Å²) in [6.45, 7) is -0.499. The molecular weight excluding hydrogens is 208 g/mol. The molecule has 0 aliphatic heterocycles. The van der Waals surface area contributed by atoms with Gasteiger partial charge in [-0.05, 0) is 23.7 Å². The highest BCUT2D eigenvalue weighted by Crippen LogP contribution is 2.19. The van der Waals surface area contributed by atoms with E-state index in [4.69, 9.17) is 21.4 Å². The summed E-state index contributed by atoms with van der Waals surface area (Å²) in [6.07, 6.45) is 0. The van der Waals surface area contributed by atoms with Crippen LogP contribution >= 0.6 is 11.6 Å². The summed E-state index contributed by atoms with van der Waals surface area (Å²) in [5.41, 5.74) is 0.162. The van der Waals surface area contributed by atoms with Crippen molar-refractivity contribution in [2.45, 2.75) is 0 Å². The lowest BCUT2D eigenvalue weighted by Gasteiger charge is -2.05. The molecule has 74 valence electrons. The number of carboxylic acids is 1. The van der Waals surface area contributed by atoms with Crippen molar-refractivity contribution in [2.24, 2.45) is 0 Å². The highest BCUT2D eigenvalue weighted by Gasteiger charge is 2.09. The number of halogens is 1. The maximum atomic E-state index is 10.8. The van der Waals surface area contributed by atoms with Crippen LogP contribution in [0.4, 0.5) is 0 Å². The highest BCUT2D eigenvalue weighted by atomic mass is 35.5. The molecule has 0 atom stereocenters. The second-order valence-electron chi connectivity index (χ2n) is 2.45. The van der Waals surface area contributed by atoms with E-state index >= 15 is 0 Å². The molecule has 0 spiro atoms. The Morgan fingerprint density at radius 1 is 1.36 bits per heavy atom. The van der Waals surface area contributed by atoms with Crippen molar-refractivity contribution in [3.8, 4) is 5.75 Å². The zero-order valence-corrected chi connectivity index (χ0v) is 7.82. The van der Waals surface area contributed by atoms with Gasteiger partial charge in [0.15, 0.2) is 6.61 Å². The third-order valence-corrected chi connectivity index (χ3v) is 1.65. The molecule has 14 heavy (non-hydrogen) atoms. The first-order chi connectivity index (χ1) is 6.61. The van der Waals surface area contributed by atoms with Gasteiger partial charge in [0, 0.05) is 0 Å². The van der Waals surface area contributed by atoms with Gasteiger partial charge in [0.2, 0.25) is 0 Å². The van der Waals surface area contributed by atoms with E-state index in [1.54, 1.807) is 12.1 Å². The van der Waals surface area contributed by atoms with Gasteiger partial charge in [-0.3, -0.25) is 4.79 Å². The molecule has 0 saturated carbocycles. The fourth-order valence-corrected chi connectivity index (χ4v) is 1.05. The number of hydrogen-bond acceptors (Lipinski definition) is 3. The second-order valence-corrected chi connectivity index (χ2v) is 2.80. The molecule has 1 aromatic carbocycles. The quantitative estimate of drug-likeness (QED) is 0.772. The molecule has 0 radical (unpaired) electrons. The summed E-state index contributed by atoms with van der Waals surface area (Å²) in [4.78, 5) is 21.1. The van der Waals surface area contributed by atoms with E-state index in [0.29, 0.717) is 0 Å². The van der Waals surface area contributed by atoms with Crippen molar-refractivity contribution in [1.29, 1.82) is 0 Å². The Labute approximate surface area is 85.1 Å². The van der Waals surface area contributed by atoms with Gasteiger partial charge in [-0.15, -0.1) is 0 Å². The van der Waals surface area contributed by atoms with Gasteiger partial charge in [0.1, 0.15) is 5.75 Å². The van der Waals surface area contributed by atoms with E-state index in [1.807, 2.05) is 0 Å². The maximum absolute atomic E-state index is 10.8. The molecule has 1 rings (SSSR count). The van der Waals surface area contributed by atoms with Crippen molar-refractivity contribution in [3.05, 3.63) is 29.8 Å². The van der Waals surface area contributed by atoms with Crippen molar-refractivity contribution in [3.63, 3.8) is 0 Å². The van der Waals surface area contributed by atoms with E-state index in [1.165, 1.54) is 12.1 Å². The molecule has 4 nitrogen and oxygen atoms in total. The summed E-state index contributed by atoms with van der Waals surface area (Å²) < 4.78 is 4.86. The fourth-order valence-electron chi connectivity index (χ4n) is 0.894. The van der Waals surface area contributed by atoms with E-state index in [-0.39, 0.29) is 11.3 Å². The molecule has 0 aliphatic carbocycles. The van der Waals surface area contributed by atoms with Gasteiger partial charge in [0.25, 0.3) is 5.24 Å². The topological polar surface area (TPSA) is 63.6 Å². The van der Waals surface area contributed by atoms with Gasteiger partial charge in [-0.25, -0.2) is 4.79 Å². The molecule has 0 aliphatic rings. The van der Waals surface area contributed by atoms with Crippen LogP contribution in [-0.4, -0.2) is 22.9 Å². The summed E-state index contributed by atoms with van der Waals surface area (Å²) in [7, 11) is 0. The van der Waals surface area contributed by atoms with Crippen LogP contribution in [0.2, 0.25) is 0 Å². The molecule has 0 fully saturated rings. The Hall–Kier alpha value is -1.55. The van der Waals surface area contributed by atoms with Gasteiger partial charge in [0.05, 0.1) is 5.56 Å². The minimum Gasteiger partial charge on any atom is -0.481 e. The molecule has 0 heterocycles. The fraction of sp³-hybridized carbons (Fsp3) is 0.111. The largest absolute Gasteiger partial charge is 0.481 e. The van der Waals surface area contributed by atoms with Crippen molar-refractivity contribution in [1.82, 2.24) is 0 Å². The van der Waals surface area contributed by atoms with E-state index < -0.39 is 17.8 Å². The Kier molecular flexibility index (Phi) is 3.48. The van der Waals surface area contributed by atoms with Crippen LogP contribution in [0, 0.1) is 0 Å². The zero-order chi connectivity index (χ0) is 10.6. The van der Waals surface area contributed by atoms with E-state index in [9.17, 15) is 9.59 Å². The number of ether oxygens (including phenoxy) is 1. The monoisotopic (exact) mass is 214 g/mol. The normalized spacial score (nSPS) is 9.50. The Bertz CT molecular complexity index is 362. The minimum atomic E-state index is -1.11. The molecule has 0 aromatic heterocycles. The van der Waals surface area contributed by atoms with Crippen molar-refractivity contribution < 1.29 is 19.4 Å². The summed E-state index contributed by atoms with van der Waals surface area (Å²) in [5.74, 6) is -0.934. The number of aliphatic carboxylic acids is 1. The van der Waals surface area contributed by atoms with Crippen LogP contribution in [0.1, 0.15) is 10.4 Å². The van der Waals surface area contributed by atoms with Gasteiger partial charge >= 0.3 is 5.97 Å². The van der Waals surface area contributed by atoms with Crippen molar-refractivity contribution in [2.75, 3.05) is 6.61 Å². The summed E-state index contributed by atoms with van der Waals surface area (Å²) in [6, 6.07) is 6.19. The number of carbonyl (C=O) groups is 2. The lowest BCUT2D eigenvalue weighted by Crippen LogP contribution is -2.10. The first-order valence-corrected chi connectivity index (χ1v) is 4.12. The molecule has 1 aromatic rings. The van der Waals surface area contributed by atoms with Crippen LogP contribution in [0.5, 0.6) is 5.75 Å².